The molecule has 4 nitrogen and oxygen atoms in total. The van der Waals surface area contributed by atoms with E-state index in [4.69, 9.17) is 0 Å². The van der Waals surface area contributed by atoms with Gasteiger partial charge >= 0.3 is 0 Å². The van der Waals surface area contributed by atoms with Crippen LogP contribution in [0.3, 0.4) is 0 Å². The van der Waals surface area contributed by atoms with Gasteiger partial charge < -0.3 is 15.4 Å². The Hall–Kier alpha value is -1.39. The fourth-order valence-corrected chi connectivity index (χ4v) is 1.67. The first-order valence-corrected chi connectivity index (χ1v) is 4.99. The average molecular weight is 205 g/mol. The summed E-state index contributed by atoms with van der Waals surface area (Å²) in [6.45, 7) is 2.47. The van der Waals surface area contributed by atoms with Crippen molar-refractivity contribution in [2.75, 3.05) is 13.6 Å². The summed E-state index contributed by atoms with van der Waals surface area (Å²) < 4.78 is 0. The molecule has 0 spiro atoms. The van der Waals surface area contributed by atoms with E-state index >= 15 is 0 Å². The summed E-state index contributed by atoms with van der Waals surface area (Å²) in [4.78, 5) is 7.46. The van der Waals surface area contributed by atoms with Crippen LogP contribution in [0.15, 0.2) is 18.2 Å². The Kier molecular flexibility index (Phi) is 2.70. The van der Waals surface area contributed by atoms with Gasteiger partial charge in [0.1, 0.15) is 5.82 Å². The third-order valence-corrected chi connectivity index (χ3v) is 2.41. The number of H-pyrrole nitrogens is 1. The van der Waals surface area contributed by atoms with E-state index in [0.29, 0.717) is 6.54 Å². The highest BCUT2D eigenvalue weighted by atomic mass is 16.3. The molecular weight excluding hydrogens is 190 g/mol. The Morgan fingerprint density at radius 1 is 1.53 bits per heavy atom. The molecule has 1 aromatic carbocycles. The number of aromatic nitrogens is 2. The number of hydrogen-bond acceptors (Lipinski definition) is 3. The van der Waals surface area contributed by atoms with Crippen LogP contribution in [0.4, 0.5) is 0 Å². The van der Waals surface area contributed by atoms with Crippen molar-refractivity contribution in [3.8, 4) is 0 Å². The first-order chi connectivity index (χ1) is 7.20. The number of imidazole rings is 1. The van der Waals surface area contributed by atoms with Crippen LogP contribution in [0.5, 0.6) is 0 Å². The molecule has 1 atom stereocenters. The molecule has 4 heteroatoms. The molecule has 3 N–H and O–H groups in total. The standard InChI is InChI=1S/C11H15N3O/c1-7-13-9-4-3-8(5-10(9)14-7)11(15)6-12-2/h3-5,11-12,15H,6H2,1-2H3,(H,13,14). The molecule has 1 heterocycles. The van der Waals surface area contributed by atoms with Gasteiger partial charge in [-0.25, -0.2) is 4.98 Å². The first-order valence-electron chi connectivity index (χ1n) is 4.99. The topological polar surface area (TPSA) is 60.9 Å². The maximum absolute atomic E-state index is 9.79. The first kappa shape index (κ1) is 10.1. The van der Waals surface area contributed by atoms with Crippen LogP contribution in [0, 0.1) is 6.92 Å². The van der Waals surface area contributed by atoms with E-state index < -0.39 is 6.10 Å². The van der Waals surface area contributed by atoms with Crippen LogP contribution in [0.25, 0.3) is 11.0 Å². The maximum Gasteiger partial charge on any atom is 0.104 e. The second-order valence-corrected chi connectivity index (χ2v) is 3.67. The predicted molar refractivity (Wildman–Crippen MR) is 59.7 cm³/mol. The van der Waals surface area contributed by atoms with Crippen LogP contribution in [-0.4, -0.2) is 28.7 Å². The van der Waals surface area contributed by atoms with Gasteiger partial charge in [-0.1, -0.05) is 6.07 Å². The van der Waals surface area contributed by atoms with Crippen molar-refractivity contribution in [1.82, 2.24) is 15.3 Å². The number of rotatable bonds is 3. The van der Waals surface area contributed by atoms with Gasteiger partial charge in [-0.2, -0.15) is 0 Å². The van der Waals surface area contributed by atoms with Crippen molar-refractivity contribution < 1.29 is 5.11 Å². The highest BCUT2D eigenvalue weighted by Gasteiger charge is 2.08. The van der Waals surface area contributed by atoms with Gasteiger partial charge in [0.25, 0.3) is 0 Å². The zero-order valence-corrected chi connectivity index (χ0v) is 8.91. The van der Waals surface area contributed by atoms with Gasteiger partial charge in [0, 0.05) is 6.54 Å². The molecule has 0 radical (unpaired) electrons. The third kappa shape index (κ3) is 2.00. The Bertz CT molecular complexity index is 464. The van der Waals surface area contributed by atoms with E-state index in [-0.39, 0.29) is 0 Å². The van der Waals surface area contributed by atoms with Crippen LogP contribution in [-0.2, 0) is 0 Å². The number of aliphatic hydroxyl groups is 1. The number of fused-ring (bicyclic) bond motifs is 1. The fourth-order valence-electron chi connectivity index (χ4n) is 1.67. The van der Waals surface area contributed by atoms with E-state index in [1.54, 1.807) is 0 Å². The molecular formula is C11H15N3O. The zero-order chi connectivity index (χ0) is 10.8. The fraction of sp³-hybridized carbons (Fsp3) is 0.364. The van der Waals surface area contributed by atoms with E-state index in [1.165, 1.54) is 0 Å². The van der Waals surface area contributed by atoms with Gasteiger partial charge in [-0.3, -0.25) is 0 Å². The number of nitrogens with zero attached hydrogens (tertiary/aromatic N) is 1. The van der Waals surface area contributed by atoms with Crippen molar-refractivity contribution in [1.29, 1.82) is 0 Å². The molecule has 0 amide bonds. The zero-order valence-electron chi connectivity index (χ0n) is 8.91. The number of aromatic amines is 1. The second-order valence-electron chi connectivity index (χ2n) is 3.67. The molecule has 0 aliphatic carbocycles. The van der Waals surface area contributed by atoms with Crippen molar-refractivity contribution in [2.24, 2.45) is 0 Å². The molecule has 2 aromatic rings. The lowest BCUT2D eigenvalue weighted by Gasteiger charge is -2.09. The van der Waals surface area contributed by atoms with Gasteiger partial charge in [0.05, 0.1) is 17.1 Å². The summed E-state index contributed by atoms with van der Waals surface area (Å²) in [6.07, 6.45) is -0.469. The minimum absolute atomic E-state index is 0.469. The lowest BCUT2D eigenvalue weighted by molar-refractivity contribution is 0.178. The third-order valence-electron chi connectivity index (χ3n) is 2.41. The molecule has 0 saturated carbocycles. The number of aliphatic hydroxyl groups excluding tert-OH is 1. The van der Waals surface area contributed by atoms with Gasteiger partial charge in [-0.15, -0.1) is 0 Å². The van der Waals surface area contributed by atoms with Gasteiger partial charge in [-0.05, 0) is 31.7 Å². The number of hydrogen-bond donors (Lipinski definition) is 3. The number of likely N-dealkylation sites (N-methyl/N-ethyl adjacent to an activating group) is 1. The minimum Gasteiger partial charge on any atom is -0.387 e. The SMILES string of the molecule is CNCC(O)c1ccc2nc(C)[nH]c2c1. The minimum atomic E-state index is -0.469. The lowest BCUT2D eigenvalue weighted by atomic mass is 10.1. The van der Waals surface area contributed by atoms with Crippen LogP contribution in [0.2, 0.25) is 0 Å². The molecule has 15 heavy (non-hydrogen) atoms. The van der Waals surface area contributed by atoms with E-state index in [9.17, 15) is 5.11 Å². The molecule has 0 aliphatic rings. The van der Waals surface area contributed by atoms with Crippen molar-refractivity contribution in [3.63, 3.8) is 0 Å². The Labute approximate surface area is 88.3 Å². The Morgan fingerprint density at radius 3 is 3.07 bits per heavy atom. The molecule has 0 fully saturated rings. The number of aryl methyl sites for hydroxylation is 1. The van der Waals surface area contributed by atoms with Crippen LogP contribution in [0.1, 0.15) is 17.5 Å². The molecule has 0 bridgehead atoms. The summed E-state index contributed by atoms with van der Waals surface area (Å²) >= 11 is 0. The Balaban J connectivity index is 2.37. The molecule has 0 saturated heterocycles. The quantitative estimate of drug-likeness (QED) is 0.703. The predicted octanol–water partition coefficient (Wildman–Crippen LogP) is 1.12. The molecule has 1 unspecified atom stereocenters. The molecule has 80 valence electrons. The second kappa shape index (κ2) is 4.00. The highest BCUT2D eigenvalue weighted by molar-refractivity contribution is 5.75. The number of benzene rings is 1. The summed E-state index contributed by atoms with van der Waals surface area (Å²) in [5.41, 5.74) is 2.81. The summed E-state index contributed by atoms with van der Waals surface area (Å²) in [5, 5.41) is 12.7. The average Bonchev–Trinajstić information content (AvgIpc) is 2.57. The smallest absolute Gasteiger partial charge is 0.104 e. The van der Waals surface area contributed by atoms with Gasteiger partial charge in [0.15, 0.2) is 0 Å². The van der Waals surface area contributed by atoms with Crippen LogP contribution >= 0.6 is 0 Å². The molecule has 2 rings (SSSR count). The van der Waals surface area contributed by atoms with E-state index in [2.05, 4.69) is 15.3 Å². The van der Waals surface area contributed by atoms with Crippen molar-refractivity contribution in [2.45, 2.75) is 13.0 Å². The van der Waals surface area contributed by atoms with E-state index in [0.717, 1.165) is 22.4 Å². The van der Waals surface area contributed by atoms with Crippen molar-refractivity contribution >= 4 is 11.0 Å². The molecule has 1 aromatic heterocycles. The largest absolute Gasteiger partial charge is 0.387 e. The maximum atomic E-state index is 9.79. The normalized spacial score (nSPS) is 13.3. The van der Waals surface area contributed by atoms with Gasteiger partial charge in [0.2, 0.25) is 0 Å². The molecule has 0 aliphatic heterocycles. The Morgan fingerprint density at radius 2 is 2.33 bits per heavy atom. The van der Waals surface area contributed by atoms with Crippen LogP contribution < -0.4 is 5.32 Å². The lowest BCUT2D eigenvalue weighted by Crippen LogP contribution is -2.16. The summed E-state index contributed by atoms with van der Waals surface area (Å²) in [5.74, 6) is 0.894. The monoisotopic (exact) mass is 205 g/mol. The summed E-state index contributed by atoms with van der Waals surface area (Å²) in [6, 6.07) is 5.77. The van der Waals surface area contributed by atoms with Crippen molar-refractivity contribution in [3.05, 3.63) is 29.6 Å². The van der Waals surface area contributed by atoms with E-state index in [1.807, 2.05) is 32.2 Å². The summed E-state index contributed by atoms with van der Waals surface area (Å²) in [7, 11) is 1.82. The highest BCUT2D eigenvalue weighted by Crippen LogP contribution is 2.18. The number of nitrogens with one attached hydrogen (secondary N) is 2.